The van der Waals surface area contributed by atoms with Gasteiger partial charge in [0.2, 0.25) is 0 Å². The highest BCUT2D eigenvalue weighted by atomic mass is 35.5. The molecular formula is C22H18ClN3O2S. The van der Waals surface area contributed by atoms with Gasteiger partial charge < -0.3 is 4.57 Å². The van der Waals surface area contributed by atoms with Crippen LogP contribution in [0.5, 0.6) is 0 Å². The first-order valence-corrected chi connectivity index (χ1v) is 10.4. The first-order valence-electron chi connectivity index (χ1n) is 9.00. The van der Waals surface area contributed by atoms with Gasteiger partial charge in [-0.3, -0.25) is 10.0 Å². The van der Waals surface area contributed by atoms with Crippen molar-refractivity contribution in [2.24, 2.45) is 0 Å². The van der Waals surface area contributed by atoms with E-state index in [0.717, 1.165) is 32.3 Å². The number of imidazole rings is 1. The molecule has 0 radical (unpaired) electrons. The highest BCUT2D eigenvalue weighted by molar-refractivity contribution is 7.98. The van der Waals surface area contributed by atoms with Gasteiger partial charge in [0, 0.05) is 16.3 Å². The summed E-state index contributed by atoms with van der Waals surface area (Å²) in [5.41, 5.74) is 6.31. The third-order valence-electron chi connectivity index (χ3n) is 4.56. The quantitative estimate of drug-likeness (QED) is 0.256. The van der Waals surface area contributed by atoms with E-state index in [1.165, 1.54) is 0 Å². The minimum absolute atomic E-state index is 0.413. The van der Waals surface area contributed by atoms with Gasteiger partial charge in [0.1, 0.15) is 0 Å². The first-order chi connectivity index (χ1) is 14.1. The number of aromatic nitrogens is 2. The second-order valence-electron chi connectivity index (χ2n) is 6.52. The Balaban J connectivity index is 1.58. The third-order valence-corrected chi connectivity index (χ3v) is 5.86. The number of halogens is 1. The number of hydroxylamine groups is 1. The molecule has 5 nitrogen and oxygen atoms in total. The van der Waals surface area contributed by atoms with E-state index in [-0.39, 0.29) is 0 Å². The summed E-state index contributed by atoms with van der Waals surface area (Å²) in [6.07, 6.45) is 0. The summed E-state index contributed by atoms with van der Waals surface area (Å²) in [4.78, 5) is 16.3. The Bertz CT molecular complexity index is 1140. The molecule has 0 spiro atoms. The SMILES string of the molecule is O=C(NO)c1ccc(CSc2nc3ccccc3n2Cc2ccc(Cl)cc2)cc1. The maximum absolute atomic E-state index is 11.5. The number of nitrogens with zero attached hydrogens (tertiary/aromatic N) is 2. The number of amides is 1. The second kappa shape index (κ2) is 8.69. The number of para-hydroxylation sites is 2. The third kappa shape index (κ3) is 4.45. The van der Waals surface area contributed by atoms with Crippen molar-refractivity contribution < 1.29 is 10.0 Å². The average Bonchev–Trinajstić information content (AvgIpc) is 3.11. The zero-order chi connectivity index (χ0) is 20.2. The van der Waals surface area contributed by atoms with Crippen LogP contribution in [0.3, 0.4) is 0 Å². The van der Waals surface area contributed by atoms with Crippen LogP contribution in [0, 0.1) is 0 Å². The molecule has 0 aliphatic carbocycles. The van der Waals surface area contributed by atoms with Gasteiger partial charge in [-0.1, -0.05) is 59.8 Å². The van der Waals surface area contributed by atoms with Gasteiger partial charge in [0.15, 0.2) is 5.16 Å². The van der Waals surface area contributed by atoms with Gasteiger partial charge in [-0.2, -0.15) is 0 Å². The van der Waals surface area contributed by atoms with Gasteiger partial charge in [0.05, 0.1) is 17.6 Å². The molecule has 4 rings (SSSR count). The summed E-state index contributed by atoms with van der Waals surface area (Å²) in [5.74, 6) is 0.194. The van der Waals surface area contributed by atoms with E-state index >= 15 is 0 Å². The van der Waals surface area contributed by atoms with E-state index in [1.807, 2.05) is 54.6 Å². The summed E-state index contributed by atoms with van der Waals surface area (Å²) >= 11 is 7.66. The minimum atomic E-state index is -0.519. The van der Waals surface area contributed by atoms with Crippen LogP contribution >= 0.6 is 23.4 Å². The summed E-state index contributed by atoms with van der Waals surface area (Å²) in [5, 5.41) is 10.4. The standard InChI is InChI=1S/C22H18ClN3O2S/c23-18-11-7-15(8-12-18)13-26-20-4-2-1-3-19(20)24-22(26)29-14-16-5-9-17(10-6-16)21(27)25-28/h1-12,28H,13-14H2,(H,25,27). The zero-order valence-corrected chi connectivity index (χ0v) is 17.0. The highest BCUT2D eigenvalue weighted by Gasteiger charge is 2.12. The summed E-state index contributed by atoms with van der Waals surface area (Å²) in [6, 6.07) is 23.1. The van der Waals surface area contributed by atoms with Gasteiger partial charge in [-0.05, 0) is 47.5 Å². The fourth-order valence-electron chi connectivity index (χ4n) is 3.05. The summed E-state index contributed by atoms with van der Waals surface area (Å²) < 4.78 is 2.21. The normalized spacial score (nSPS) is 11.0. The topological polar surface area (TPSA) is 67.2 Å². The van der Waals surface area contributed by atoms with Gasteiger partial charge in [-0.25, -0.2) is 10.5 Å². The Morgan fingerprint density at radius 1 is 1.00 bits per heavy atom. The van der Waals surface area contributed by atoms with Crippen LogP contribution in [0.15, 0.2) is 78.0 Å². The molecule has 1 aromatic heterocycles. The maximum atomic E-state index is 11.5. The van der Waals surface area contributed by atoms with Crippen LogP contribution in [0.4, 0.5) is 0 Å². The van der Waals surface area contributed by atoms with Gasteiger partial charge in [-0.15, -0.1) is 0 Å². The van der Waals surface area contributed by atoms with E-state index < -0.39 is 5.91 Å². The molecule has 7 heteroatoms. The molecule has 1 heterocycles. The van der Waals surface area contributed by atoms with E-state index in [0.29, 0.717) is 17.9 Å². The van der Waals surface area contributed by atoms with E-state index in [2.05, 4.69) is 10.6 Å². The van der Waals surface area contributed by atoms with Crippen molar-refractivity contribution >= 4 is 40.3 Å². The molecule has 0 aliphatic rings. The largest absolute Gasteiger partial charge is 0.314 e. The van der Waals surface area contributed by atoms with E-state index in [1.54, 1.807) is 29.4 Å². The number of rotatable bonds is 6. The molecule has 0 bridgehead atoms. The molecule has 1 amide bonds. The lowest BCUT2D eigenvalue weighted by Gasteiger charge is -2.10. The lowest BCUT2D eigenvalue weighted by molar-refractivity contribution is 0.0706. The fourth-order valence-corrected chi connectivity index (χ4v) is 4.15. The number of benzene rings is 3. The molecular weight excluding hydrogens is 406 g/mol. The zero-order valence-electron chi connectivity index (χ0n) is 15.4. The first kappa shape index (κ1) is 19.5. The molecule has 0 saturated carbocycles. The van der Waals surface area contributed by atoms with Crippen LogP contribution in [0.25, 0.3) is 11.0 Å². The number of hydrogen-bond donors (Lipinski definition) is 2. The molecule has 0 aliphatic heterocycles. The number of fused-ring (bicyclic) bond motifs is 1. The maximum Gasteiger partial charge on any atom is 0.274 e. The van der Waals surface area contributed by atoms with Crippen LogP contribution in [-0.4, -0.2) is 20.7 Å². The van der Waals surface area contributed by atoms with Crippen molar-refractivity contribution in [1.29, 1.82) is 0 Å². The van der Waals surface area contributed by atoms with Crippen molar-refractivity contribution in [3.63, 3.8) is 0 Å². The number of hydrogen-bond acceptors (Lipinski definition) is 4. The fraction of sp³-hybridized carbons (Fsp3) is 0.0909. The van der Waals surface area contributed by atoms with Crippen molar-refractivity contribution in [2.45, 2.75) is 17.5 Å². The molecule has 3 aromatic carbocycles. The predicted octanol–water partition coefficient (Wildman–Crippen LogP) is 5.15. The lowest BCUT2D eigenvalue weighted by atomic mass is 10.1. The number of carbonyl (C=O) groups excluding carboxylic acids is 1. The van der Waals surface area contributed by atoms with Crippen LogP contribution in [0.1, 0.15) is 21.5 Å². The van der Waals surface area contributed by atoms with E-state index in [9.17, 15) is 4.79 Å². The Hall–Kier alpha value is -2.80. The second-order valence-corrected chi connectivity index (χ2v) is 7.90. The van der Waals surface area contributed by atoms with Crippen LogP contribution < -0.4 is 5.48 Å². The Morgan fingerprint density at radius 3 is 2.41 bits per heavy atom. The lowest BCUT2D eigenvalue weighted by Crippen LogP contribution is -2.18. The molecule has 2 N–H and O–H groups in total. The Kier molecular flexibility index (Phi) is 5.85. The van der Waals surface area contributed by atoms with Gasteiger partial charge in [0.25, 0.3) is 5.91 Å². The molecule has 29 heavy (non-hydrogen) atoms. The summed E-state index contributed by atoms with van der Waals surface area (Å²) in [7, 11) is 0. The molecule has 146 valence electrons. The molecule has 0 saturated heterocycles. The molecule has 0 unspecified atom stereocenters. The minimum Gasteiger partial charge on any atom is -0.314 e. The van der Waals surface area contributed by atoms with Crippen LogP contribution in [0.2, 0.25) is 5.02 Å². The monoisotopic (exact) mass is 423 g/mol. The molecule has 0 fully saturated rings. The Morgan fingerprint density at radius 2 is 1.69 bits per heavy atom. The number of carbonyl (C=O) groups is 1. The van der Waals surface area contributed by atoms with Gasteiger partial charge >= 0.3 is 0 Å². The molecule has 4 aromatic rings. The van der Waals surface area contributed by atoms with Crippen molar-refractivity contribution in [3.8, 4) is 0 Å². The Labute approximate surface area is 177 Å². The smallest absolute Gasteiger partial charge is 0.274 e. The van der Waals surface area contributed by atoms with Crippen molar-refractivity contribution in [1.82, 2.24) is 15.0 Å². The predicted molar refractivity (Wildman–Crippen MR) is 116 cm³/mol. The number of thioether (sulfide) groups is 1. The molecule has 0 atom stereocenters. The highest BCUT2D eigenvalue weighted by Crippen LogP contribution is 2.28. The van der Waals surface area contributed by atoms with E-state index in [4.69, 9.17) is 21.8 Å². The summed E-state index contributed by atoms with van der Waals surface area (Å²) in [6.45, 7) is 0.704. The average molecular weight is 424 g/mol. The van der Waals surface area contributed by atoms with Crippen molar-refractivity contribution in [3.05, 3.63) is 94.5 Å². The number of nitrogens with one attached hydrogen (secondary N) is 1. The van der Waals surface area contributed by atoms with Crippen molar-refractivity contribution in [2.75, 3.05) is 0 Å². The van der Waals surface area contributed by atoms with Crippen LogP contribution in [-0.2, 0) is 12.3 Å².